The molecule has 2 aliphatic heterocycles. The average molecular weight is 499 g/mol. The summed E-state index contributed by atoms with van der Waals surface area (Å²) in [4.78, 5) is 31.7. The SMILES string of the molecule is O=C(O)c1cccnc1N1CCN(c2cc(-c3ccc(F)c(Cl)c3)nc(N3CCOCC3)n2)CC1. The van der Waals surface area contributed by atoms with Crippen LogP contribution in [0.4, 0.5) is 22.0 Å². The molecule has 5 rings (SSSR count). The second kappa shape index (κ2) is 10.0. The maximum Gasteiger partial charge on any atom is 0.339 e. The first kappa shape index (κ1) is 23.3. The van der Waals surface area contributed by atoms with Crippen molar-refractivity contribution < 1.29 is 19.0 Å². The van der Waals surface area contributed by atoms with E-state index in [1.807, 2.05) is 11.0 Å². The molecule has 3 aromatic rings. The lowest BCUT2D eigenvalue weighted by Gasteiger charge is -2.37. The number of halogens is 2. The highest BCUT2D eigenvalue weighted by Gasteiger charge is 2.25. The predicted molar refractivity (Wildman–Crippen MR) is 131 cm³/mol. The molecule has 2 aromatic heterocycles. The Hall–Kier alpha value is -3.50. The van der Waals surface area contributed by atoms with Gasteiger partial charge in [0, 0.05) is 57.1 Å². The molecule has 1 aromatic carbocycles. The van der Waals surface area contributed by atoms with Crippen LogP contribution in [-0.4, -0.2) is 78.5 Å². The van der Waals surface area contributed by atoms with Crippen molar-refractivity contribution in [2.24, 2.45) is 0 Å². The third-order valence-electron chi connectivity index (χ3n) is 6.13. The van der Waals surface area contributed by atoms with Gasteiger partial charge in [0.1, 0.15) is 23.0 Å². The summed E-state index contributed by atoms with van der Waals surface area (Å²) in [6.45, 7) is 4.98. The van der Waals surface area contributed by atoms with Gasteiger partial charge < -0.3 is 24.5 Å². The number of piperazine rings is 1. The van der Waals surface area contributed by atoms with Crippen LogP contribution in [0, 0.1) is 5.82 Å². The third-order valence-corrected chi connectivity index (χ3v) is 6.42. The molecule has 1 N–H and O–H groups in total. The zero-order valence-corrected chi connectivity index (χ0v) is 19.7. The molecule has 182 valence electrons. The number of ether oxygens (including phenoxy) is 1. The van der Waals surface area contributed by atoms with Gasteiger partial charge in [0.2, 0.25) is 5.95 Å². The first-order valence-corrected chi connectivity index (χ1v) is 11.7. The Balaban J connectivity index is 1.43. The van der Waals surface area contributed by atoms with Gasteiger partial charge in [-0.2, -0.15) is 4.98 Å². The summed E-state index contributed by atoms with van der Waals surface area (Å²) < 4.78 is 19.2. The normalized spacial score (nSPS) is 16.5. The third kappa shape index (κ3) is 4.98. The highest BCUT2D eigenvalue weighted by Crippen LogP contribution is 2.29. The van der Waals surface area contributed by atoms with Crippen molar-refractivity contribution in [1.29, 1.82) is 0 Å². The van der Waals surface area contributed by atoms with Gasteiger partial charge in [0.25, 0.3) is 0 Å². The van der Waals surface area contributed by atoms with Crippen LogP contribution in [0.25, 0.3) is 11.3 Å². The van der Waals surface area contributed by atoms with Crippen molar-refractivity contribution in [3.8, 4) is 11.3 Å². The van der Waals surface area contributed by atoms with Gasteiger partial charge in [0.15, 0.2) is 0 Å². The topological polar surface area (TPSA) is 94.9 Å². The standard InChI is InChI=1S/C24H24ClFN6O3/c25-18-14-16(3-4-19(18)26)20-15-21(29-24(28-20)32-10-12-35-13-11-32)30-6-8-31(9-7-30)22-17(23(33)34)2-1-5-27-22/h1-5,14-15H,6-13H2,(H,33,34). The second-order valence-corrected chi connectivity index (χ2v) is 8.70. The number of hydrogen-bond acceptors (Lipinski definition) is 8. The quantitative estimate of drug-likeness (QED) is 0.569. The van der Waals surface area contributed by atoms with E-state index < -0.39 is 11.8 Å². The fourth-order valence-electron chi connectivity index (χ4n) is 4.26. The first-order chi connectivity index (χ1) is 17.0. The molecule has 11 heteroatoms. The van der Waals surface area contributed by atoms with Crippen LogP contribution in [0.5, 0.6) is 0 Å². The fourth-order valence-corrected chi connectivity index (χ4v) is 4.44. The minimum atomic E-state index is -0.996. The van der Waals surface area contributed by atoms with Gasteiger partial charge in [-0.3, -0.25) is 0 Å². The van der Waals surface area contributed by atoms with E-state index in [2.05, 4.69) is 14.8 Å². The molecular weight excluding hydrogens is 475 g/mol. The van der Waals surface area contributed by atoms with Crippen LogP contribution in [0.3, 0.4) is 0 Å². The van der Waals surface area contributed by atoms with Gasteiger partial charge in [-0.25, -0.2) is 19.2 Å². The summed E-state index contributed by atoms with van der Waals surface area (Å²) in [5, 5.41) is 9.55. The summed E-state index contributed by atoms with van der Waals surface area (Å²) in [7, 11) is 0. The fraction of sp³-hybridized carbons (Fsp3) is 0.333. The summed E-state index contributed by atoms with van der Waals surface area (Å²) >= 11 is 6.04. The molecule has 0 aliphatic carbocycles. The molecule has 0 radical (unpaired) electrons. The Kier molecular flexibility index (Phi) is 6.65. The molecule has 2 saturated heterocycles. The molecule has 0 saturated carbocycles. The number of morpholine rings is 1. The molecule has 2 fully saturated rings. The molecular formula is C24H24ClFN6O3. The van der Waals surface area contributed by atoms with Crippen molar-refractivity contribution in [2.75, 3.05) is 67.2 Å². The van der Waals surface area contributed by atoms with Gasteiger partial charge in [-0.15, -0.1) is 0 Å². The number of carboxylic acid groups (broad SMARTS) is 1. The minimum absolute atomic E-state index is 0.0359. The Morgan fingerprint density at radius 1 is 0.971 bits per heavy atom. The lowest BCUT2D eigenvalue weighted by atomic mass is 10.1. The number of aromatic carboxylic acids is 1. The van der Waals surface area contributed by atoms with E-state index in [0.717, 1.165) is 5.82 Å². The van der Waals surface area contributed by atoms with Crippen molar-refractivity contribution >= 4 is 35.2 Å². The van der Waals surface area contributed by atoms with Crippen LogP contribution < -0.4 is 14.7 Å². The minimum Gasteiger partial charge on any atom is -0.478 e. The number of nitrogens with zero attached hydrogens (tertiary/aromatic N) is 6. The van der Waals surface area contributed by atoms with Gasteiger partial charge in [-0.05, 0) is 30.3 Å². The zero-order chi connectivity index (χ0) is 24.4. The second-order valence-electron chi connectivity index (χ2n) is 8.29. The number of rotatable bonds is 5. The van der Waals surface area contributed by atoms with Crippen molar-refractivity contribution in [3.05, 3.63) is 59.0 Å². The van der Waals surface area contributed by atoms with E-state index in [9.17, 15) is 14.3 Å². The number of carboxylic acids is 1. The van der Waals surface area contributed by atoms with E-state index in [4.69, 9.17) is 26.3 Å². The number of carbonyl (C=O) groups is 1. The summed E-state index contributed by atoms with van der Waals surface area (Å²) in [6, 6.07) is 9.63. The van der Waals surface area contributed by atoms with Crippen LogP contribution >= 0.6 is 11.6 Å². The summed E-state index contributed by atoms with van der Waals surface area (Å²) in [5.41, 5.74) is 1.54. The number of aromatic nitrogens is 3. The molecule has 35 heavy (non-hydrogen) atoms. The molecule has 2 aliphatic rings. The van der Waals surface area contributed by atoms with Crippen LogP contribution in [0.2, 0.25) is 5.02 Å². The molecule has 4 heterocycles. The Morgan fingerprint density at radius 3 is 2.43 bits per heavy atom. The highest BCUT2D eigenvalue weighted by molar-refractivity contribution is 6.31. The summed E-state index contributed by atoms with van der Waals surface area (Å²) in [5.74, 6) is 0.323. The van der Waals surface area contributed by atoms with Crippen LogP contribution in [0.1, 0.15) is 10.4 Å². The van der Waals surface area contributed by atoms with Crippen molar-refractivity contribution in [2.45, 2.75) is 0 Å². The average Bonchev–Trinajstić information content (AvgIpc) is 2.90. The van der Waals surface area contributed by atoms with Gasteiger partial charge in [-0.1, -0.05) is 11.6 Å². The lowest BCUT2D eigenvalue weighted by Crippen LogP contribution is -2.47. The molecule has 9 nitrogen and oxygen atoms in total. The smallest absolute Gasteiger partial charge is 0.339 e. The Labute approximate surface area is 206 Å². The molecule has 0 unspecified atom stereocenters. The number of pyridine rings is 1. The van der Waals surface area contributed by atoms with E-state index >= 15 is 0 Å². The molecule has 0 amide bonds. The highest BCUT2D eigenvalue weighted by atomic mass is 35.5. The molecule has 0 bridgehead atoms. The monoisotopic (exact) mass is 498 g/mol. The van der Waals surface area contributed by atoms with Crippen LogP contribution in [-0.2, 0) is 4.74 Å². The maximum absolute atomic E-state index is 13.8. The molecule has 0 spiro atoms. The van der Waals surface area contributed by atoms with Crippen molar-refractivity contribution in [1.82, 2.24) is 15.0 Å². The summed E-state index contributed by atoms with van der Waals surface area (Å²) in [6.07, 6.45) is 1.60. The zero-order valence-electron chi connectivity index (χ0n) is 18.9. The number of benzene rings is 1. The van der Waals surface area contributed by atoms with E-state index in [1.54, 1.807) is 30.5 Å². The predicted octanol–water partition coefficient (Wildman–Crippen LogP) is 3.19. The number of anilines is 3. The first-order valence-electron chi connectivity index (χ1n) is 11.3. The number of hydrogen-bond donors (Lipinski definition) is 1. The van der Waals surface area contributed by atoms with Crippen molar-refractivity contribution in [3.63, 3.8) is 0 Å². The lowest BCUT2D eigenvalue weighted by molar-refractivity contribution is 0.0697. The van der Waals surface area contributed by atoms with Gasteiger partial charge in [0.05, 0.1) is 23.9 Å². The van der Waals surface area contributed by atoms with Gasteiger partial charge >= 0.3 is 5.97 Å². The largest absolute Gasteiger partial charge is 0.478 e. The maximum atomic E-state index is 13.8. The van der Waals surface area contributed by atoms with E-state index in [1.165, 1.54) is 6.07 Å². The molecule has 0 atom stereocenters. The Bertz CT molecular complexity index is 1230. The van der Waals surface area contributed by atoms with Crippen LogP contribution in [0.15, 0.2) is 42.6 Å². The van der Waals surface area contributed by atoms with E-state index in [-0.39, 0.29) is 10.6 Å². The Morgan fingerprint density at radius 2 is 1.71 bits per heavy atom. The van der Waals surface area contributed by atoms with E-state index in [0.29, 0.717) is 75.5 Å².